The van der Waals surface area contributed by atoms with Gasteiger partial charge in [-0.05, 0) is 83.6 Å². The maximum atomic E-state index is 5.29. The van der Waals surface area contributed by atoms with Crippen molar-refractivity contribution < 1.29 is 0 Å². The third-order valence-electron chi connectivity index (χ3n) is 13.1. The summed E-state index contributed by atoms with van der Waals surface area (Å²) in [6.45, 7) is 0. The predicted octanol–water partition coefficient (Wildman–Crippen LogP) is 15.8. The molecule has 0 radical (unpaired) electrons. The second kappa shape index (κ2) is 13.2. The molecule has 0 amide bonds. The van der Waals surface area contributed by atoms with Crippen LogP contribution in [0.5, 0.6) is 0 Å². The second-order valence-corrected chi connectivity index (χ2v) is 17.6. The fourth-order valence-corrected chi connectivity index (χ4v) is 11.3. The number of rotatable bonds is 4. The predicted molar refractivity (Wildman–Crippen MR) is 267 cm³/mol. The molecule has 0 saturated carbocycles. The van der Waals surface area contributed by atoms with Crippen LogP contribution in [0.15, 0.2) is 206 Å². The molecule has 0 aliphatic heterocycles. The monoisotopic (exact) mass is 818 g/mol. The minimum absolute atomic E-state index is 0.873. The smallest absolute Gasteiger partial charge is 0.0973 e. The van der Waals surface area contributed by atoms with Crippen LogP contribution in [-0.4, -0.2) is 19.1 Å². The normalized spacial score (nSPS) is 12.1. The lowest BCUT2D eigenvalue weighted by atomic mass is 10.0. The van der Waals surface area contributed by atoms with Gasteiger partial charge in [0.15, 0.2) is 0 Å². The Morgan fingerprint density at radius 3 is 1.76 bits per heavy atom. The number of nitrogens with zero attached hydrogens (tertiary/aromatic N) is 4. The van der Waals surface area contributed by atoms with E-state index in [2.05, 4.69) is 203 Å². The second-order valence-electron chi connectivity index (χ2n) is 16.5. The van der Waals surface area contributed by atoms with E-state index in [9.17, 15) is 0 Å². The van der Waals surface area contributed by atoms with Gasteiger partial charge in [-0.3, -0.25) is 0 Å². The molecule has 0 bridgehead atoms. The number of para-hydroxylation sites is 4. The SMILES string of the molecule is c1cc(-n2c3ccccc3c3ccc4ccccc4c32)c2cc3c4ccccc4n(-c4ccc(-c5nc6ccccc6nc5-c5ccc6sc7ccccc7c6c5)cc4)c3cc2c1. The highest BCUT2D eigenvalue weighted by molar-refractivity contribution is 7.25. The molecule has 5 heteroatoms. The lowest BCUT2D eigenvalue weighted by molar-refractivity contribution is 1.18. The van der Waals surface area contributed by atoms with E-state index in [1.54, 1.807) is 0 Å². The topological polar surface area (TPSA) is 35.6 Å². The summed E-state index contributed by atoms with van der Waals surface area (Å²) in [6.07, 6.45) is 0. The molecular formula is C58H34N4S. The minimum atomic E-state index is 0.873. The van der Waals surface area contributed by atoms with Crippen LogP contribution in [0.3, 0.4) is 0 Å². The minimum Gasteiger partial charge on any atom is -0.309 e. The van der Waals surface area contributed by atoms with Gasteiger partial charge < -0.3 is 9.13 Å². The molecule has 292 valence electrons. The van der Waals surface area contributed by atoms with Crippen molar-refractivity contribution in [2.24, 2.45) is 0 Å². The van der Waals surface area contributed by atoms with E-state index in [4.69, 9.17) is 9.97 Å². The average molecular weight is 819 g/mol. The molecule has 0 fully saturated rings. The number of thiophene rings is 1. The zero-order valence-electron chi connectivity index (χ0n) is 33.8. The van der Waals surface area contributed by atoms with Gasteiger partial charge in [0.25, 0.3) is 0 Å². The molecule has 63 heavy (non-hydrogen) atoms. The van der Waals surface area contributed by atoms with Crippen molar-refractivity contribution >= 4 is 108 Å². The average Bonchev–Trinajstić information content (AvgIpc) is 4.00. The fourth-order valence-electron chi connectivity index (χ4n) is 10.2. The van der Waals surface area contributed by atoms with Crippen molar-refractivity contribution in [1.29, 1.82) is 0 Å². The first-order chi connectivity index (χ1) is 31.2. The van der Waals surface area contributed by atoms with E-state index in [0.717, 1.165) is 39.2 Å². The Kier molecular flexibility index (Phi) is 7.24. The third kappa shape index (κ3) is 5.08. The molecule has 0 N–H and O–H groups in total. The van der Waals surface area contributed by atoms with Crippen molar-refractivity contribution in [2.45, 2.75) is 0 Å². The number of aromatic nitrogens is 4. The summed E-state index contributed by atoms with van der Waals surface area (Å²) in [5, 5.41) is 12.4. The number of hydrogen-bond acceptors (Lipinski definition) is 3. The van der Waals surface area contributed by atoms with Gasteiger partial charge in [-0.15, -0.1) is 11.3 Å². The molecule has 4 heterocycles. The van der Waals surface area contributed by atoms with Crippen LogP contribution in [-0.2, 0) is 0 Å². The summed E-state index contributed by atoms with van der Waals surface area (Å²) in [4.78, 5) is 10.6. The zero-order chi connectivity index (χ0) is 41.2. The first-order valence-corrected chi connectivity index (χ1v) is 22.2. The van der Waals surface area contributed by atoms with Gasteiger partial charge in [-0.1, -0.05) is 133 Å². The van der Waals surface area contributed by atoms with Crippen LogP contribution in [0.1, 0.15) is 0 Å². The van der Waals surface area contributed by atoms with Gasteiger partial charge in [-0.2, -0.15) is 0 Å². The Balaban J connectivity index is 0.951. The van der Waals surface area contributed by atoms with Crippen LogP contribution >= 0.6 is 11.3 Å². The highest BCUT2D eigenvalue weighted by Crippen LogP contribution is 2.42. The molecule has 0 saturated heterocycles. The van der Waals surface area contributed by atoms with E-state index in [1.807, 2.05) is 23.5 Å². The van der Waals surface area contributed by atoms with Crippen molar-refractivity contribution in [3.05, 3.63) is 206 Å². The van der Waals surface area contributed by atoms with Crippen molar-refractivity contribution in [3.8, 4) is 33.9 Å². The Bertz CT molecular complexity index is 4210. The lowest BCUT2D eigenvalue weighted by Gasteiger charge is -2.14. The van der Waals surface area contributed by atoms with E-state index >= 15 is 0 Å². The van der Waals surface area contributed by atoms with Gasteiger partial charge in [0, 0.05) is 69.3 Å². The standard InChI is InChI=1S/C58H34N4S/c1-2-14-40-35(12-1)26-30-44-41-15-3-9-21-51(41)62(58(40)44)52-22-11-13-37-33-53-46(34-45(37)52)42-16-4-8-20-50(42)61(53)39-28-24-36(25-29-39)56-57(60-49-19-7-6-18-48(49)59-56)38-27-31-55-47(32-38)43-17-5-10-23-54(43)63-55/h1-34H. The summed E-state index contributed by atoms with van der Waals surface area (Å²) in [5.41, 5.74) is 12.7. The van der Waals surface area contributed by atoms with Crippen LogP contribution in [0, 0.1) is 0 Å². The van der Waals surface area contributed by atoms with E-state index in [1.165, 1.54) is 91.0 Å². The molecular weight excluding hydrogens is 785 g/mol. The highest BCUT2D eigenvalue weighted by atomic mass is 32.1. The lowest BCUT2D eigenvalue weighted by Crippen LogP contribution is -1.98. The molecule has 0 spiro atoms. The van der Waals surface area contributed by atoms with Crippen LogP contribution < -0.4 is 0 Å². The summed E-state index contributed by atoms with van der Waals surface area (Å²) in [7, 11) is 0. The molecule has 10 aromatic carbocycles. The summed E-state index contributed by atoms with van der Waals surface area (Å²) < 4.78 is 7.47. The quantitative estimate of drug-likeness (QED) is 0.177. The van der Waals surface area contributed by atoms with Gasteiger partial charge in [-0.25, -0.2) is 9.97 Å². The molecule has 14 aromatic rings. The van der Waals surface area contributed by atoms with Gasteiger partial charge in [0.1, 0.15) is 0 Å². The Hall–Kier alpha value is -8.12. The maximum absolute atomic E-state index is 5.29. The number of fused-ring (bicyclic) bond motifs is 13. The molecule has 0 unspecified atom stereocenters. The van der Waals surface area contributed by atoms with E-state index < -0.39 is 0 Å². The highest BCUT2D eigenvalue weighted by Gasteiger charge is 2.20. The molecule has 4 aromatic heterocycles. The molecule has 0 atom stereocenters. The maximum Gasteiger partial charge on any atom is 0.0973 e. The van der Waals surface area contributed by atoms with Crippen molar-refractivity contribution in [1.82, 2.24) is 19.1 Å². The Labute approximate surface area is 365 Å². The zero-order valence-corrected chi connectivity index (χ0v) is 34.6. The van der Waals surface area contributed by atoms with Crippen LogP contribution in [0.4, 0.5) is 0 Å². The van der Waals surface area contributed by atoms with Gasteiger partial charge in [0.2, 0.25) is 0 Å². The summed E-state index contributed by atoms with van der Waals surface area (Å²) >= 11 is 1.83. The first-order valence-electron chi connectivity index (χ1n) is 21.4. The molecule has 14 rings (SSSR count). The Morgan fingerprint density at radius 1 is 0.333 bits per heavy atom. The van der Waals surface area contributed by atoms with Crippen molar-refractivity contribution in [3.63, 3.8) is 0 Å². The van der Waals surface area contributed by atoms with E-state index in [0.29, 0.717) is 0 Å². The number of hydrogen-bond donors (Lipinski definition) is 0. The first kappa shape index (κ1) is 34.6. The molecule has 4 nitrogen and oxygen atoms in total. The largest absolute Gasteiger partial charge is 0.309 e. The summed E-state index contributed by atoms with van der Waals surface area (Å²) in [5.74, 6) is 0. The van der Waals surface area contributed by atoms with Crippen LogP contribution in [0.25, 0.3) is 130 Å². The Morgan fingerprint density at radius 2 is 0.952 bits per heavy atom. The van der Waals surface area contributed by atoms with Crippen molar-refractivity contribution in [2.75, 3.05) is 0 Å². The molecule has 0 aliphatic rings. The van der Waals surface area contributed by atoms with Gasteiger partial charge >= 0.3 is 0 Å². The van der Waals surface area contributed by atoms with E-state index in [-0.39, 0.29) is 0 Å². The number of benzene rings is 10. The molecule has 0 aliphatic carbocycles. The summed E-state index contributed by atoms with van der Waals surface area (Å²) in [6, 6.07) is 74.9. The third-order valence-corrected chi connectivity index (χ3v) is 14.2. The fraction of sp³-hybridized carbons (Fsp3) is 0. The van der Waals surface area contributed by atoms with Gasteiger partial charge in [0.05, 0.1) is 50.2 Å². The van der Waals surface area contributed by atoms with Crippen LogP contribution in [0.2, 0.25) is 0 Å².